The maximum absolute atomic E-state index is 11.9. The molecule has 1 aromatic rings. The monoisotopic (exact) mass is 284 g/mol. The smallest absolute Gasteiger partial charge is 0.323 e. The lowest BCUT2D eigenvalue weighted by Crippen LogP contribution is -2.42. The molecule has 0 radical (unpaired) electrons. The van der Waals surface area contributed by atoms with Crippen molar-refractivity contribution in [3.05, 3.63) is 11.9 Å². The summed E-state index contributed by atoms with van der Waals surface area (Å²) in [7, 11) is 1.68. The first-order chi connectivity index (χ1) is 9.33. The van der Waals surface area contributed by atoms with Crippen molar-refractivity contribution in [1.82, 2.24) is 14.7 Å². The number of rotatable bonds is 6. The van der Waals surface area contributed by atoms with E-state index >= 15 is 0 Å². The number of aromatic nitrogens is 2. The van der Waals surface area contributed by atoms with Gasteiger partial charge in [-0.3, -0.25) is 14.3 Å². The van der Waals surface area contributed by atoms with E-state index in [1.54, 1.807) is 13.2 Å². The number of aryl methyl sites for hydroxylation is 2. The van der Waals surface area contributed by atoms with Crippen molar-refractivity contribution < 1.29 is 24.6 Å². The SMILES string of the molecule is CCc1nn(C)cc1NC(=O)N(CC(=O)O)CC(=O)O. The van der Waals surface area contributed by atoms with Crippen LogP contribution in [0.4, 0.5) is 10.5 Å². The van der Waals surface area contributed by atoms with E-state index in [-0.39, 0.29) is 0 Å². The fourth-order valence-corrected chi connectivity index (χ4v) is 1.62. The molecule has 3 N–H and O–H groups in total. The van der Waals surface area contributed by atoms with Crippen LogP contribution >= 0.6 is 0 Å². The summed E-state index contributed by atoms with van der Waals surface area (Å²) in [4.78, 5) is 33.9. The Hall–Kier alpha value is -2.58. The number of nitrogens with one attached hydrogen (secondary N) is 1. The molecule has 2 amide bonds. The minimum Gasteiger partial charge on any atom is -0.480 e. The number of carbonyl (C=O) groups excluding carboxylic acids is 1. The number of anilines is 1. The number of aliphatic carboxylic acids is 2. The third-order valence-corrected chi connectivity index (χ3v) is 2.42. The third-order valence-electron chi connectivity index (χ3n) is 2.42. The summed E-state index contributed by atoms with van der Waals surface area (Å²) in [5.74, 6) is -2.58. The predicted molar refractivity (Wildman–Crippen MR) is 68.4 cm³/mol. The van der Waals surface area contributed by atoms with Gasteiger partial charge in [-0.15, -0.1) is 0 Å². The Kier molecular flexibility index (Phi) is 5.07. The summed E-state index contributed by atoms with van der Waals surface area (Å²) in [6.45, 7) is 0.462. The van der Waals surface area contributed by atoms with E-state index < -0.39 is 31.1 Å². The summed E-state index contributed by atoms with van der Waals surface area (Å²) < 4.78 is 1.51. The van der Waals surface area contributed by atoms with E-state index in [0.29, 0.717) is 22.7 Å². The first kappa shape index (κ1) is 15.5. The van der Waals surface area contributed by atoms with Crippen LogP contribution in [-0.2, 0) is 23.1 Å². The van der Waals surface area contributed by atoms with Crippen LogP contribution in [0.5, 0.6) is 0 Å². The Balaban J connectivity index is 2.83. The maximum Gasteiger partial charge on any atom is 0.323 e. The Morgan fingerprint density at radius 2 is 1.85 bits per heavy atom. The molecule has 9 nitrogen and oxygen atoms in total. The lowest BCUT2D eigenvalue weighted by atomic mass is 10.3. The Labute approximate surface area is 114 Å². The van der Waals surface area contributed by atoms with E-state index in [4.69, 9.17) is 10.2 Å². The molecule has 0 unspecified atom stereocenters. The summed E-state index contributed by atoms with van der Waals surface area (Å²) in [5, 5.41) is 24.0. The second kappa shape index (κ2) is 6.55. The van der Waals surface area contributed by atoms with Crippen LogP contribution in [0.1, 0.15) is 12.6 Å². The number of urea groups is 1. The van der Waals surface area contributed by atoms with Crippen LogP contribution in [0.25, 0.3) is 0 Å². The van der Waals surface area contributed by atoms with Crippen molar-refractivity contribution in [2.75, 3.05) is 18.4 Å². The Morgan fingerprint density at radius 1 is 1.30 bits per heavy atom. The Bertz CT molecular complexity index is 509. The molecule has 110 valence electrons. The summed E-state index contributed by atoms with van der Waals surface area (Å²) >= 11 is 0. The zero-order valence-electron chi connectivity index (χ0n) is 11.2. The summed E-state index contributed by atoms with van der Waals surface area (Å²) in [5.41, 5.74) is 1.06. The highest BCUT2D eigenvalue weighted by Gasteiger charge is 2.21. The maximum atomic E-state index is 11.9. The van der Waals surface area contributed by atoms with E-state index in [2.05, 4.69) is 10.4 Å². The molecule has 0 aliphatic rings. The van der Waals surface area contributed by atoms with Gasteiger partial charge in [0.2, 0.25) is 0 Å². The molecule has 0 spiro atoms. The van der Waals surface area contributed by atoms with Crippen LogP contribution in [0.3, 0.4) is 0 Å². The molecule has 0 bridgehead atoms. The molecule has 0 aliphatic heterocycles. The fourth-order valence-electron chi connectivity index (χ4n) is 1.62. The molecule has 0 fully saturated rings. The van der Waals surface area contributed by atoms with E-state index in [0.717, 1.165) is 0 Å². The first-order valence-electron chi connectivity index (χ1n) is 5.85. The predicted octanol–water partition coefficient (Wildman–Crippen LogP) is -0.0144. The van der Waals surface area contributed by atoms with Crippen LogP contribution in [-0.4, -0.2) is 56.0 Å². The van der Waals surface area contributed by atoms with Crippen molar-refractivity contribution in [3.63, 3.8) is 0 Å². The average Bonchev–Trinajstić information content (AvgIpc) is 2.67. The number of nitrogens with zero attached hydrogens (tertiary/aromatic N) is 3. The number of carboxylic acid groups (broad SMARTS) is 2. The molecular formula is C11H16N4O5. The van der Waals surface area contributed by atoms with Gasteiger partial charge in [-0.2, -0.15) is 5.10 Å². The highest BCUT2D eigenvalue weighted by Crippen LogP contribution is 2.14. The number of carboxylic acids is 2. The van der Waals surface area contributed by atoms with Crippen LogP contribution in [0, 0.1) is 0 Å². The minimum absolute atomic E-state index is 0.431. The topological polar surface area (TPSA) is 125 Å². The average molecular weight is 284 g/mol. The van der Waals surface area contributed by atoms with Crippen molar-refractivity contribution in [1.29, 1.82) is 0 Å². The van der Waals surface area contributed by atoms with Crippen LogP contribution < -0.4 is 5.32 Å². The minimum atomic E-state index is -1.29. The molecule has 1 heterocycles. The molecule has 1 rings (SSSR count). The van der Waals surface area contributed by atoms with Crippen LogP contribution in [0.15, 0.2) is 6.20 Å². The van der Waals surface area contributed by atoms with E-state index in [1.807, 2.05) is 6.92 Å². The highest BCUT2D eigenvalue weighted by molar-refractivity contribution is 5.93. The normalized spacial score (nSPS) is 10.1. The van der Waals surface area contributed by atoms with Gasteiger partial charge in [-0.1, -0.05) is 6.92 Å². The molecule has 1 aromatic heterocycles. The summed E-state index contributed by atoms with van der Waals surface area (Å²) in [6.07, 6.45) is 2.14. The second-order valence-corrected chi connectivity index (χ2v) is 4.09. The van der Waals surface area contributed by atoms with Crippen LogP contribution in [0.2, 0.25) is 0 Å². The van der Waals surface area contributed by atoms with E-state index in [1.165, 1.54) is 4.68 Å². The largest absolute Gasteiger partial charge is 0.480 e. The van der Waals surface area contributed by atoms with Gasteiger partial charge < -0.3 is 20.4 Å². The van der Waals surface area contributed by atoms with Gasteiger partial charge >= 0.3 is 18.0 Å². The quantitative estimate of drug-likeness (QED) is 0.674. The van der Waals surface area contributed by atoms with Gasteiger partial charge in [0.05, 0.1) is 11.4 Å². The lowest BCUT2D eigenvalue weighted by Gasteiger charge is -2.18. The van der Waals surface area contributed by atoms with Crippen molar-refractivity contribution >= 4 is 23.7 Å². The van der Waals surface area contributed by atoms with Gasteiger partial charge in [0, 0.05) is 13.2 Å². The lowest BCUT2D eigenvalue weighted by molar-refractivity contribution is -0.140. The van der Waals surface area contributed by atoms with Crippen molar-refractivity contribution in [3.8, 4) is 0 Å². The standard InChI is InChI=1S/C11H16N4O5/c1-3-7-8(4-14(2)13-7)12-11(20)15(5-9(16)17)6-10(18)19/h4H,3,5-6H2,1-2H3,(H,12,20)(H,16,17)(H,18,19). The van der Waals surface area contributed by atoms with Gasteiger partial charge in [-0.25, -0.2) is 4.79 Å². The molecule has 0 aliphatic carbocycles. The van der Waals surface area contributed by atoms with Crippen molar-refractivity contribution in [2.24, 2.45) is 7.05 Å². The number of amides is 2. The molecule has 0 aromatic carbocycles. The number of hydrogen-bond acceptors (Lipinski definition) is 4. The Morgan fingerprint density at radius 3 is 2.30 bits per heavy atom. The van der Waals surface area contributed by atoms with E-state index in [9.17, 15) is 14.4 Å². The number of hydrogen-bond donors (Lipinski definition) is 3. The molecule has 9 heteroatoms. The molecule has 0 saturated heterocycles. The first-order valence-corrected chi connectivity index (χ1v) is 5.85. The molecule has 20 heavy (non-hydrogen) atoms. The van der Waals surface area contributed by atoms with Crippen molar-refractivity contribution in [2.45, 2.75) is 13.3 Å². The van der Waals surface area contributed by atoms with Gasteiger partial charge in [0.25, 0.3) is 0 Å². The zero-order chi connectivity index (χ0) is 15.3. The van der Waals surface area contributed by atoms with Gasteiger partial charge in [0.15, 0.2) is 0 Å². The third kappa shape index (κ3) is 4.26. The summed E-state index contributed by atoms with van der Waals surface area (Å²) in [6, 6.07) is -0.794. The fraction of sp³-hybridized carbons (Fsp3) is 0.455. The number of carbonyl (C=O) groups is 3. The second-order valence-electron chi connectivity index (χ2n) is 4.09. The van der Waals surface area contributed by atoms with Gasteiger partial charge in [0.1, 0.15) is 13.1 Å². The molecular weight excluding hydrogens is 268 g/mol. The molecule has 0 saturated carbocycles. The molecule has 0 atom stereocenters. The highest BCUT2D eigenvalue weighted by atomic mass is 16.4. The van der Waals surface area contributed by atoms with Gasteiger partial charge in [-0.05, 0) is 6.42 Å². The zero-order valence-corrected chi connectivity index (χ0v) is 11.2.